The third-order valence-corrected chi connectivity index (χ3v) is 5.01. The highest BCUT2D eigenvalue weighted by Crippen LogP contribution is 2.62. The molecule has 2 unspecified atom stereocenters. The van der Waals surface area contributed by atoms with E-state index >= 15 is 0 Å². The van der Waals surface area contributed by atoms with E-state index in [9.17, 15) is 0 Å². The molecule has 0 aromatic carbocycles. The fraction of sp³-hybridized carbons (Fsp3) is 0.765. The van der Waals surface area contributed by atoms with Crippen molar-refractivity contribution in [1.82, 2.24) is 0 Å². The zero-order chi connectivity index (χ0) is 12.5. The first-order valence-electron chi connectivity index (χ1n) is 7.37. The number of allylic oxidation sites excluding steroid dienone is 3. The van der Waals surface area contributed by atoms with Crippen LogP contribution in [-0.4, -0.2) is 0 Å². The van der Waals surface area contributed by atoms with Gasteiger partial charge < -0.3 is 0 Å². The summed E-state index contributed by atoms with van der Waals surface area (Å²) in [5.41, 5.74) is 3.71. The van der Waals surface area contributed by atoms with Gasteiger partial charge in [0.15, 0.2) is 0 Å². The molecule has 17 heavy (non-hydrogen) atoms. The molecule has 2 saturated carbocycles. The average molecular weight is 232 g/mol. The smallest absolute Gasteiger partial charge is 0.0146 e. The molecule has 0 saturated heterocycles. The first kappa shape index (κ1) is 12.9. The van der Waals surface area contributed by atoms with Crippen LogP contribution in [0.1, 0.15) is 65.7 Å². The van der Waals surface area contributed by atoms with Crippen molar-refractivity contribution >= 4 is 0 Å². The Balaban J connectivity index is 1.96. The van der Waals surface area contributed by atoms with E-state index in [1.54, 1.807) is 5.57 Å². The maximum absolute atomic E-state index is 4.46. The van der Waals surface area contributed by atoms with E-state index in [1.165, 1.54) is 50.5 Å². The van der Waals surface area contributed by atoms with Crippen LogP contribution in [0.5, 0.6) is 0 Å². The summed E-state index contributed by atoms with van der Waals surface area (Å²) in [6.45, 7) is 11.2. The van der Waals surface area contributed by atoms with E-state index in [-0.39, 0.29) is 0 Å². The summed E-state index contributed by atoms with van der Waals surface area (Å²) in [7, 11) is 0. The Kier molecular flexibility index (Phi) is 3.80. The quantitative estimate of drug-likeness (QED) is 0.561. The molecule has 0 aliphatic heterocycles. The minimum Gasteiger partial charge on any atom is -0.0993 e. The van der Waals surface area contributed by atoms with Gasteiger partial charge in [0.2, 0.25) is 0 Å². The van der Waals surface area contributed by atoms with Gasteiger partial charge in [-0.2, -0.15) is 0 Å². The van der Waals surface area contributed by atoms with Crippen LogP contribution in [0.2, 0.25) is 0 Å². The van der Waals surface area contributed by atoms with Crippen molar-refractivity contribution in [2.24, 2.45) is 17.3 Å². The van der Waals surface area contributed by atoms with Crippen LogP contribution in [0.4, 0.5) is 0 Å². The van der Waals surface area contributed by atoms with Crippen LogP contribution >= 0.6 is 0 Å². The molecule has 0 amide bonds. The maximum Gasteiger partial charge on any atom is -0.0146 e. The van der Waals surface area contributed by atoms with Gasteiger partial charge in [0.1, 0.15) is 0 Å². The zero-order valence-electron chi connectivity index (χ0n) is 11.9. The summed E-state index contributed by atoms with van der Waals surface area (Å²) in [5.74, 6) is 1.52. The van der Waals surface area contributed by atoms with Gasteiger partial charge in [-0.15, -0.1) is 0 Å². The minimum atomic E-state index is 0.672. The second-order valence-corrected chi connectivity index (χ2v) is 6.65. The SMILES string of the molecule is C=C(C(C)CC=C(C)C)C1CCCCC12CC2. The molecule has 0 radical (unpaired) electrons. The van der Waals surface area contributed by atoms with Gasteiger partial charge in [0, 0.05) is 0 Å². The molecule has 0 N–H and O–H groups in total. The molecule has 0 aromatic heterocycles. The van der Waals surface area contributed by atoms with E-state index in [4.69, 9.17) is 0 Å². The lowest BCUT2D eigenvalue weighted by molar-refractivity contribution is 0.235. The summed E-state index contributed by atoms with van der Waals surface area (Å²) in [6.07, 6.45) is 12.3. The Hall–Kier alpha value is -0.520. The van der Waals surface area contributed by atoms with Crippen LogP contribution in [-0.2, 0) is 0 Å². The van der Waals surface area contributed by atoms with Gasteiger partial charge in [-0.25, -0.2) is 0 Å². The van der Waals surface area contributed by atoms with Crippen molar-refractivity contribution in [3.05, 3.63) is 23.8 Å². The highest BCUT2D eigenvalue weighted by atomic mass is 14.6. The van der Waals surface area contributed by atoms with E-state index < -0.39 is 0 Å². The van der Waals surface area contributed by atoms with Crippen LogP contribution in [0.25, 0.3) is 0 Å². The van der Waals surface area contributed by atoms with Gasteiger partial charge in [0.25, 0.3) is 0 Å². The Morgan fingerprint density at radius 1 is 1.29 bits per heavy atom. The molecule has 2 fully saturated rings. The molecule has 2 rings (SSSR count). The summed E-state index contributed by atoms with van der Waals surface area (Å²) >= 11 is 0. The zero-order valence-corrected chi connectivity index (χ0v) is 11.9. The summed E-state index contributed by atoms with van der Waals surface area (Å²) < 4.78 is 0. The lowest BCUT2D eigenvalue weighted by Crippen LogP contribution is -2.24. The molecule has 96 valence electrons. The van der Waals surface area contributed by atoms with E-state index in [0.29, 0.717) is 11.3 Å². The monoisotopic (exact) mass is 232 g/mol. The van der Waals surface area contributed by atoms with Crippen molar-refractivity contribution in [1.29, 1.82) is 0 Å². The Morgan fingerprint density at radius 2 is 2.00 bits per heavy atom. The van der Waals surface area contributed by atoms with Gasteiger partial charge in [-0.1, -0.05) is 43.6 Å². The minimum absolute atomic E-state index is 0.672. The van der Waals surface area contributed by atoms with Crippen molar-refractivity contribution in [3.63, 3.8) is 0 Å². The number of rotatable bonds is 4. The molecular formula is C17H28. The van der Waals surface area contributed by atoms with Gasteiger partial charge in [-0.3, -0.25) is 0 Å². The Morgan fingerprint density at radius 3 is 2.59 bits per heavy atom. The molecule has 2 aliphatic rings. The van der Waals surface area contributed by atoms with Crippen molar-refractivity contribution in [2.45, 2.75) is 65.7 Å². The molecule has 0 nitrogen and oxygen atoms in total. The number of hydrogen-bond acceptors (Lipinski definition) is 0. The van der Waals surface area contributed by atoms with E-state index in [1.807, 2.05) is 0 Å². The van der Waals surface area contributed by atoms with Gasteiger partial charge >= 0.3 is 0 Å². The van der Waals surface area contributed by atoms with Crippen LogP contribution < -0.4 is 0 Å². The summed E-state index contributed by atoms with van der Waals surface area (Å²) in [4.78, 5) is 0. The maximum atomic E-state index is 4.46. The third kappa shape index (κ3) is 2.84. The third-order valence-electron chi connectivity index (χ3n) is 5.01. The van der Waals surface area contributed by atoms with Gasteiger partial charge in [0.05, 0.1) is 0 Å². The summed E-state index contributed by atoms with van der Waals surface area (Å²) in [5, 5.41) is 0. The molecule has 2 atom stereocenters. The lowest BCUT2D eigenvalue weighted by atomic mass is 9.70. The molecule has 0 heterocycles. The highest BCUT2D eigenvalue weighted by Gasteiger charge is 2.50. The second kappa shape index (κ2) is 5.00. The standard InChI is InChI=1S/C17H28/c1-13(2)8-9-14(3)15(4)16-7-5-6-10-17(16)11-12-17/h8,14,16H,4-7,9-12H2,1-3H3. The predicted octanol–water partition coefficient (Wildman–Crippen LogP) is 5.51. The largest absolute Gasteiger partial charge is 0.0993 e. The average Bonchev–Trinajstić information content (AvgIpc) is 3.06. The normalized spacial score (nSPS) is 27.6. The molecular weight excluding hydrogens is 204 g/mol. The summed E-state index contributed by atoms with van der Waals surface area (Å²) in [6, 6.07) is 0. The van der Waals surface area contributed by atoms with E-state index in [0.717, 1.165) is 5.92 Å². The van der Waals surface area contributed by atoms with Crippen molar-refractivity contribution < 1.29 is 0 Å². The first-order valence-corrected chi connectivity index (χ1v) is 7.37. The molecule has 1 spiro atoms. The molecule has 0 heteroatoms. The molecule has 2 aliphatic carbocycles. The molecule has 0 aromatic rings. The number of hydrogen-bond donors (Lipinski definition) is 0. The van der Waals surface area contributed by atoms with Crippen molar-refractivity contribution in [3.8, 4) is 0 Å². The highest BCUT2D eigenvalue weighted by molar-refractivity contribution is 5.17. The predicted molar refractivity (Wildman–Crippen MR) is 76.0 cm³/mol. The topological polar surface area (TPSA) is 0 Å². The first-order chi connectivity index (χ1) is 8.05. The van der Waals surface area contributed by atoms with Crippen LogP contribution in [0, 0.1) is 17.3 Å². The lowest BCUT2D eigenvalue weighted by Gasteiger charge is -2.35. The second-order valence-electron chi connectivity index (χ2n) is 6.65. The van der Waals surface area contributed by atoms with Crippen LogP contribution in [0.15, 0.2) is 23.8 Å². The van der Waals surface area contributed by atoms with Gasteiger partial charge in [-0.05, 0) is 63.2 Å². The fourth-order valence-corrected chi connectivity index (χ4v) is 3.55. The van der Waals surface area contributed by atoms with Crippen LogP contribution in [0.3, 0.4) is 0 Å². The van der Waals surface area contributed by atoms with E-state index in [2.05, 4.69) is 33.4 Å². The Labute approximate surface area is 107 Å². The molecule has 0 bridgehead atoms. The fourth-order valence-electron chi connectivity index (χ4n) is 3.55. The van der Waals surface area contributed by atoms with Crippen molar-refractivity contribution in [2.75, 3.05) is 0 Å². The Bertz CT molecular complexity index is 313.